The third-order valence-electron chi connectivity index (χ3n) is 6.71. The van der Waals surface area contributed by atoms with E-state index >= 15 is 4.39 Å². The fraction of sp³-hybridized carbons (Fsp3) is 0.226. The first-order valence-corrected chi connectivity index (χ1v) is 14.3. The van der Waals surface area contributed by atoms with Crippen LogP contribution >= 0.6 is 11.3 Å². The number of methoxy groups -OCH3 is 1. The number of fused-ring (bicyclic) bond motifs is 1. The van der Waals surface area contributed by atoms with E-state index in [2.05, 4.69) is 26.7 Å². The maximum atomic E-state index is 15.4. The maximum absolute atomic E-state index is 15.4. The van der Waals surface area contributed by atoms with Gasteiger partial charge in [0, 0.05) is 25.0 Å². The van der Waals surface area contributed by atoms with Gasteiger partial charge in [0.1, 0.15) is 23.2 Å². The lowest BCUT2D eigenvalue weighted by Crippen LogP contribution is -2.32. The number of aromatic nitrogens is 3. The summed E-state index contributed by atoms with van der Waals surface area (Å²) in [4.78, 5) is 37.6. The number of nitrogens with zero attached hydrogens (tertiary/aromatic N) is 4. The number of nitrogens with one attached hydrogen (secondary N) is 1. The molecule has 0 aliphatic rings. The van der Waals surface area contributed by atoms with Crippen molar-refractivity contribution >= 4 is 39.1 Å². The van der Waals surface area contributed by atoms with Crippen LogP contribution in [0.25, 0.3) is 20.8 Å². The van der Waals surface area contributed by atoms with Crippen LogP contribution in [0.4, 0.5) is 10.1 Å². The smallest absolute Gasteiger partial charge is 0.241 e. The maximum Gasteiger partial charge on any atom is 0.241 e. The summed E-state index contributed by atoms with van der Waals surface area (Å²) >= 11 is 1.45. The van der Waals surface area contributed by atoms with Gasteiger partial charge < -0.3 is 30.0 Å². The van der Waals surface area contributed by atoms with Gasteiger partial charge in [0.15, 0.2) is 11.6 Å². The number of rotatable bonds is 11. The molecule has 12 heteroatoms. The minimum atomic E-state index is -1.44. The monoisotopic (exact) mass is 602 g/mol. The molecule has 0 spiro atoms. The Labute approximate surface area is 251 Å². The first kappa shape index (κ1) is 29.7. The Morgan fingerprint density at radius 3 is 2.60 bits per heavy atom. The molecular formula is C31H31FN6O4S. The molecule has 43 heavy (non-hydrogen) atoms. The molecule has 10 nitrogen and oxygen atoms in total. The average Bonchev–Trinajstić information content (AvgIpc) is 3.59. The van der Waals surface area contributed by atoms with Crippen LogP contribution in [-0.4, -0.2) is 52.5 Å². The summed E-state index contributed by atoms with van der Waals surface area (Å²) in [5.74, 6) is -2.15. The lowest BCUT2D eigenvalue weighted by molar-refractivity contribution is -0.127. The van der Waals surface area contributed by atoms with Crippen LogP contribution in [0.3, 0.4) is 0 Å². The number of para-hydroxylation sites is 2. The van der Waals surface area contributed by atoms with Crippen LogP contribution in [-0.2, 0) is 22.7 Å². The molecule has 5 rings (SSSR count). The normalized spacial score (nSPS) is 12.0. The van der Waals surface area contributed by atoms with Crippen LogP contribution in [0.15, 0.2) is 67.0 Å². The average molecular weight is 603 g/mol. The SMILES string of the molecule is CCn1cc(-c2cc3nccc(Oc4ccc(C(C(N)=O)C(=O)Nc5ccccc5OC)cc4F)c3s2)nc1CN(C)C. The standard InChI is InChI=1S/C31H31FN6O4S/c1-5-38-16-22(35-27(38)17-37(2)3)26-15-21-29(43-26)25(12-13-34-21)42-23-11-10-18(14-19(23)32)28(30(33)39)31(40)36-20-8-6-7-9-24(20)41-4/h6-16,28H,5,17H2,1-4H3,(H2,33,39)(H,36,40). The molecule has 222 valence electrons. The Bertz CT molecular complexity index is 1800. The highest BCUT2D eigenvalue weighted by Gasteiger charge is 2.28. The first-order valence-electron chi connectivity index (χ1n) is 13.5. The quantitative estimate of drug-likeness (QED) is 0.194. The zero-order chi connectivity index (χ0) is 30.7. The number of halogens is 1. The van der Waals surface area contributed by atoms with Gasteiger partial charge >= 0.3 is 0 Å². The third kappa shape index (κ3) is 6.35. The molecule has 0 bridgehead atoms. The molecule has 1 unspecified atom stereocenters. The molecule has 0 aliphatic carbocycles. The van der Waals surface area contributed by atoms with Crippen molar-refractivity contribution in [3.05, 3.63) is 84.2 Å². The number of thiophene rings is 1. The number of hydrogen-bond acceptors (Lipinski definition) is 8. The lowest BCUT2D eigenvalue weighted by atomic mass is 9.97. The van der Waals surface area contributed by atoms with Crippen molar-refractivity contribution in [2.24, 2.45) is 5.73 Å². The van der Waals surface area contributed by atoms with Gasteiger partial charge in [0.05, 0.1) is 40.1 Å². The van der Waals surface area contributed by atoms with Gasteiger partial charge in [-0.15, -0.1) is 11.3 Å². The number of anilines is 1. The summed E-state index contributed by atoms with van der Waals surface area (Å²) in [6.07, 6.45) is 3.61. The Hall–Kier alpha value is -4.81. The van der Waals surface area contributed by atoms with Crippen molar-refractivity contribution in [2.45, 2.75) is 25.9 Å². The van der Waals surface area contributed by atoms with Gasteiger partial charge in [-0.2, -0.15) is 0 Å². The van der Waals surface area contributed by atoms with E-state index in [-0.39, 0.29) is 11.3 Å². The van der Waals surface area contributed by atoms with E-state index in [0.717, 1.165) is 33.7 Å². The molecule has 5 aromatic rings. The number of amides is 2. The van der Waals surface area contributed by atoms with Crippen molar-refractivity contribution in [3.63, 3.8) is 0 Å². The van der Waals surface area contributed by atoms with Gasteiger partial charge in [-0.1, -0.05) is 18.2 Å². The number of ether oxygens (including phenoxy) is 2. The molecular weight excluding hydrogens is 571 g/mol. The molecule has 3 aromatic heterocycles. The van der Waals surface area contributed by atoms with Crippen molar-refractivity contribution in [1.29, 1.82) is 0 Å². The van der Waals surface area contributed by atoms with Gasteiger partial charge in [0.2, 0.25) is 11.8 Å². The van der Waals surface area contributed by atoms with E-state index in [4.69, 9.17) is 20.2 Å². The van der Waals surface area contributed by atoms with Gasteiger partial charge in [-0.3, -0.25) is 14.6 Å². The second-order valence-corrected chi connectivity index (χ2v) is 11.1. The Kier molecular flexibility index (Phi) is 8.69. The largest absolute Gasteiger partial charge is 0.495 e. The molecule has 0 fully saturated rings. The van der Waals surface area contributed by atoms with Crippen molar-refractivity contribution < 1.29 is 23.5 Å². The summed E-state index contributed by atoms with van der Waals surface area (Å²) in [7, 11) is 5.45. The van der Waals surface area contributed by atoms with Crippen LogP contribution in [0.1, 0.15) is 24.2 Å². The van der Waals surface area contributed by atoms with Crippen LogP contribution in [0, 0.1) is 5.82 Å². The second-order valence-electron chi connectivity index (χ2n) is 10.0. The topological polar surface area (TPSA) is 125 Å². The van der Waals surface area contributed by atoms with Crippen LogP contribution in [0.2, 0.25) is 0 Å². The molecule has 0 radical (unpaired) electrons. The molecule has 3 heterocycles. The number of hydrogen-bond donors (Lipinski definition) is 2. The molecule has 2 aromatic carbocycles. The number of carbonyl (C=O) groups is 2. The summed E-state index contributed by atoms with van der Waals surface area (Å²) in [5.41, 5.74) is 7.52. The number of carbonyl (C=O) groups excluding carboxylic acids is 2. The van der Waals surface area contributed by atoms with E-state index < -0.39 is 23.5 Å². The highest BCUT2D eigenvalue weighted by molar-refractivity contribution is 7.22. The van der Waals surface area contributed by atoms with Crippen LogP contribution < -0.4 is 20.5 Å². The van der Waals surface area contributed by atoms with Crippen molar-refractivity contribution in [1.82, 2.24) is 19.4 Å². The fourth-order valence-corrected chi connectivity index (χ4v) is 5.69. The van der Waals surface area contributed by atoms with Gasteiger partial charge in [-0.25, -0.2) is 9.37 Å². The van der Waals surface area contributed by atoms with E-state index in [1.54, 1.807) is 36.5 Å². The predicted molar refractivity (Wildman–Crippen MR) is 164 cm³/mol. The molecule has 0 saturated heterocycles. The number of nitrogens with two attached hydrogens (primary N) is 1. The molecule has 0 aliphatic heterocycles. The van der Waals surface area contributed by atoms with E-state index in [1.165, 1.54) is 30.6 Å². The lowest BCUT2D eigenvalue weighted by Gasteiger charge is -2.16. The first-order chi connectivity index (χ1) is 20.7. The zero-order valence-corrected chi connectivity index (χ0v) is 24.9. The van der Waals surface area contributed by atoms with Crippen molar-refractivity contribution in [2.75, 3.05) is 26.5 Å². The Morgan fingerprint density at radius 1 is 1.12 bits per heavy atom. The summed E-state index contributed by atoms with van der Waals surface area (Å²) in [6.45, 7) is 3.57. The van der Waals surface area contributed by atoms with Gasteiger partial charge in [0.25, 0.3) is 0 Å². The molecule has 2 amide bonds. The van der Waals surface area contributed by atoms with E-state index in [0.29, 0.717) is 29.2 Å². The number of aryl methyl sites for hydroxylation is 1. The molecule has 0 saturated carbocycles. The zero-order valence-electron chi connectivity index (χ0n) is 24.1. The molecule has 3 N–H and O–H groups in total. The van der Waals surface area contributed by atoms with E-state index in [1.807, 2.05) is 26.4 Å². The summed E-state index contributed by atoms with van der Waals surface area (Å²) in [5, 5.41) is 2.64. The minimum absolute atomic E-state index is 0.0805. The highest BCUT2D eigenvalue weighted by Crippen LogP contribution is 2.40. The number of pyridine rings is 1. The minimum Gasteiger partial charge on any atom is -0.495 e. The number of primary amides is 1. The highest BCUT2D eigenvalue weighted by atomic mass is 32.1. The molecule has 1 atom stereocenters. The Morgan fingerprint density at radius 2 is 1.91 bits per heavy atom. The Balaban J connectivity index is 1.40. The van der Waals surface area contributed by atoms with Crippen molar-refractivity contribution in [3.8, 4) is 27.8 Å². The fourth-order valence-electron chi connectivity index (χ4n) is 4.67. The van der Waals surface area contributed by atoms with E-state index in [9.17, 15) is 9.59 Å². The predicted octanol–water partition coefficient (Wildman–Crippen LogP) is 5.39. The second kappa shape index (κ2) is 12.6. The number of imidazole rings is 1. The summed E-state index contributed by atoms with van der Waals surface area (Å²) < 4.78 is 29.4. The van der Waals surface area contributed by atoms with Crippen LogP contribution in [0.5, 0.6) is 17.2 Å². The third-order valence-corrected chi connectivity index (χ3v) is 7.87. The summed E-state index contributed by atoms with van der Waals surface area (Å²) in [6, 6.07) is 14.2. The van der Waals surface area contributed by atoms with Gasteiger partial charge in [-0.05, 0) is 56.9 Å². The number of benzene rings is 2.